The van der Waals surface area contributed by atoms with Crippen LogP contribution in [0.3, 0.4) is 0 Å². The van der Waals surface area contributed by atoms with Crippen LogP contribution in [-0.2, 0) is 4.74 Å². The minimum absolute atomic E-state index is 0.354. The minimum Gasteiger partial charge on any atom is -0.371 e. The molecule has 0 aromatic heterocycles. The molecule has 0 radical (unpaired) electrons. The molecule has 0 N–H and O–H groups in total. The second-order valence-electron chi connectivity index (χ2n) is 5.06. The van der Waals surface area contributed by atoms with E-state index in [0.717, 1.165) is 47.8 Å². The quantitative estimate of drug-likeness (QED) is 0.794. The lowest BCUT2D eigenvalue weighted by molar-refractivity contribution is 0.0304. The average molecular weight is 274 g/mol. The molecule has 3 nitrogen and oxygen atoms in total. The second kappa shape index (κ2) is 5.44. The van der Waals surface area contributed by atoms with E-state index < -0.39 is 0 Å². The van der Waals surface area contributed by atoms with Gasteiger partial charge in [0, 0.05) is 18.0 Å². The average Bonchev–Trinajstić information content (AvgIpc) is 2.77. The maximum absolute atomic E-state index is 9.48. The third kappa shape index (κ3) is 2.45. The molecule has 2 bridgehead atoms. The molecule has 1 aromatic rings. The van der Waals surface area contributed by atoms with Crippen molar-refractivity contribution in [1.82, 2.24) is 0 Å². The lowest BCUT2D eigenvalue weighted by Gasteiger charge is -2.34. The summed E-state index contributed by atoms with van der Waals surface area (Å²) in [5.74, 6) is 0.993. The van der Waals surface area contributed by atoms with Crippen molar-refractivity contribution in [1.29, 1.82) is 5.26 Å². The number of anilines is 1. The van der Waals surface area contributed by atoms with Gasteiger partial charge in [0.2, 0.25) is 0 Å². The first-order valence-electron chi connectivity index (χ1n) is 6.88. The molecule has 2 heterocycles. The summed E-state index contributed by atoms with van der Waals surface area (Å²) < 4.78 is 5.87. The molecular formula is C15H18N2OS. The fourth-order valence-electron chi connectivity index (χ4n) is 2.98. The highest BCUT2D eigenvalue weighted by Crippen LogP contribution is 2.34. The van der Waals surface area contributed by atoms with E-state index in [9.17, 15) is 5.26 Å². The van der Waals surface area contributed by atoms with Crippen LogP contribution in [-0.4, -0.2) is 31.1 Å². The molecule has 0 amide bonds. The number of fused-ring (bicyclic) bond motifs is 2. The number of hydrogen-bond donors (Lipinski definition) is 0. The summed E-state index contributed by atoms with van der Waals surface area (Å²) in [5, 5.41) is 9.48. The molecule has 0 saturated carbocycles. The Morgan fingerprint density at radius 1 is 1.37 bits per heavy atom. The molecular weight excluding hydrogens is 256 g/mol. The molecule has 100 valence electrons. The summed E-state index contributed by atoms with van der Waals surface area (Å²) in [4.78, 5) is 3.44. The van der Waals surface area contributed by atoms with Gasteiger partial charge in [-0.15, -0.1) is 11.8 Å². The number of hydrogen-bond acceptors (Lipinski definition) is 4. The molecule has 2 aliphatic heterocycles. The van der Waals surface area contributed by atoms with Crippen LogP contribution in [0.2, 0.25) is 0 Å². The van der Waals surface area contributed by atoms with Crippen molar-refractivity contribution >= 4 is 17.4 Å². The standard InChI is InChI=1S/C15H18N2OS/c1-2-19-15-5-3-4-14(13(15)8-16)17-9-11-6-7-12(10-17)18-11/h3-5,11-12H,2,6-7,9-10H2,1H3. The van der Waals surface area contributed by atoms with Crippen molar-refractivity contribution < 1.29 is 4.74 Å². The van der Waals surface area contributed by atoms with E-state index in [1.807, 2.05) is 6.07 Å². The monoisotopic (exact) mass is 274 g/mol. The highest BCUT2D eigenvalue weighted by molar-refractivity contribution is 7.99. The summed E-state index contributed by atoms with van der Waals surface area (Å²) >= 11 is 1.74. The Morgan fingerprint density at radius 2 is 2.11 bits per heavy atom. The van der Waals surface area contributed by atoms with Crippen LogP contribution < -0.4 is 4.90 Å². The molecule has 0 aliphatic carbocycles. The van der Waals surface area contributed by atoms with Crippen LogP contribution in [0.1, 0.15) is 25.3 Å². The Labute approximate surface area is 118 Å². The topological polar surface area (TPSA) is 36.3 Å². The van der Waals surface area contributed by atoms with Crippen molar-refractivity contribution in [2.45, 2.75) is 36.9 Å². The molecule has 0 spiro atoms. The first-order chi connectivity index (χ1) is 9.31. The smallest absolute Gasteiger partial charge is 0.103 e. The molecule has 2 saturated heterocycles. The number of nitriles is 1. The van der Waals surface area contributed by atoms with E-state index >= 15 is 0 Å². The van der Waals surface area contributed by atoms with E-state index in [2.05, 4.69) is 30.0 Å². The van der Waals surface area contributed by atoms with Crippen LogP contribution >= 0.6 is 11.8 Å². The molecule has 2 fully saturated rings. The van der Waals surface area contributed by atoms with Gasteiger partial charge in [-0.05, 0) is 30.7 Å². The summed E-state index contributed by atoms with van der Waals surface area (Å²) in [6.45, 7) is 3.96. The lowest BCUT2D eigenvalue weighted by Crippen LogP contribution is -2.43. The van der Waals surface area contributed by atoms with E-state index in [1.54, 1.807) is 11.8 Å². The number of nitrogens with zero attached hydrogens (tertiary/aromatic N) is 2. The molecule has 3 rings (SSSR count). The van der Waals surface area contributed by atoms with Crippen molar-refractivity contribution in [3.8, 4) is 6.07 Å². The van der Waals surface area contributed by atoms with Gasteiger partial charge in [-0.1, -0.05) is 13.0 Å². The van der Waals surface area contributed by atoms with Crippen molar-refractivity contribution in [3.63, 3.8) is 0 Å². The molecule has 2 aliphatic rings. The third-order valence-electron chi connectivity index (χ3n) is 3.80. The summed E-state index contributed by atoms with van der Waals surface area (Å²) in [6.07, 6.45) is 3.03. The SMILES string of the molecule is CCSc1cccc(N2CC3CCC(C2)O3)c1C#N. The van der Waals surface area contributed by atoms with Gasteiger partial charge in [0.15, 0.2) is 0 Å². The number of ether oxygens (including phenoxy) is 1. The maximum Gasteiger partial charge on any atom is 0.103 e. The highest BCUT2D eigenvalue weighted by atomic mass is 32.2. The van der Waals surface area contributed by atoms with Crippen molar-refractivity contribution in [2.75, 3.05) is 23.7 Å². The first kappa shape index (κ1) is 12.8. The third-order valence-corrected chi connectivity index (χ3v) is 4.74. The number of rotatable bonds is 3. The Bertz CT molecular complexity index is 499. The predicted octanol–water partition coefficient (Wildman–Crippen LogP) is 3.04. The zero-order valence-electron chi connectivity index (χ0n) is 11.1. The lowest BCUT2D eigenvalue weighted by atomic mass is 10.1. The highest BCUT2D eigenvalue weighted by Gasteiger charge is 2.34. The fraction of sp³-hybridized carbons (Fsp3) is 0.533. The summed E-state index contributed by atoms with van der Waals surface area (Å²) in [5.41, 5.74) is 1.91. The number of thioether (sulfide) groups is 1. The zero-order chi connectivity index (χ0) is 13.2. The Morgan fingerprint density at radius 3 is 2.74 bits per heavy atom. The summed E-state index contributed by atoms with van der Waals surface area (Å²) in [7, 11) is 0. The molecule has 2 unspecified atom stereocenters. The van der Waals surface area contributed by atoms with Crippen molar-refractivity contribution in [2.24, 2.45) is 0 Å². The van der Waals surface area contributed by atoms with Gasteiger partial charge < -0.3 is 9.64 Å². The number of morpholine rings is 1. The first-order valence-corrected chi connectivity index (χ1v) is 7.86. The van der Waals surface area contributed by atoms with Crippen LogP contribution in [0.15, 0.2) is 23.1 Å². The van der Waals surface area contributed by atoms with Crippen LogP contribution in [0.25, 0.3) is 0 Å². The maximum atomic E-state index is 9.48. The normalized spacial score (nSPS) is 25.4. The minimum atomic E-state index is 0.354. The van der Waals surface area contributed by atoms with Crippen LogP contribution in [0.5, 0.6) is 0 Å². The van der Waals surface area contributed by atoms with Gasteiger partial charge in [0.25, 0.3) is 0 Å². The Hall–Kier alpha value is -1.18. The second-order valence-corrected chi connectivity index (χ2v) is 6.36. The van der Waals surface area contributed by atoms with Gasteiger partial charge in [-0.2, -0.15) is 5.26 Å². The molecule has 2 atom stereocenters. The van der Waals surface area contributed by atoms with Gasteiger partial charge in [-0.25, -0.2) is 0 Å². The zero-order valence-corrected chi connectivity index (χ0v) is 11.9. The van der Waals surface area contributed by atoms with Crippen LogP contribution in [0.4, 0.5) is 5.69 Å². The van der Waals surface area contributed by atoms with Gasteiger partial charge in [-0.3, -0.25) is 0 Å². The number of benzene rings is 1. The van der Waals surface area contributed by atoms with Gasteiger partial charge >= 0.3 is 0 Å². The fourth-order valence-corrected chi connectivity index (χ4v) is 3.76. The van der Waals surface area contributed by atoms with E-state index in [1.165, 1.54) is 0 Å². The Balaban J connectivity index is 1.92. The largest absolute Gasteiger partial charge is 0.371 e. The van der Waals surface area contributed by atoms with Gasteiger partial charge in [0.1, 0.15) is 6.07 Å². The van der Waals surface area contributed by atoms with Gasteiger partial charge in [0.05, 0.1) is 23.5 Å². The molecule has 19 heavy (non-hydrogen) atoms. The predicted molar refractivity (Wildman–Crippen MR) is 77.7 cm³/mol. The van der Waals surface area contributed by atoms with E-state index in [-0.39, 0.29) is 0 Å². The van der Waals surface area contributed by atoms with E-state index in [0.29, 0.717) is 12.2 Å². The molecule has 4 heteroatoms. The van der Waals surface area contributed by atoms with Crippen LogP contribution in [0, 0.1) is 11.3 Å². The molecule has 1 aromatic carbocycles. The van der Waals surface area contributed by atoms with E-state index in [4.69, 9.17) is 4.74 Å². The summed E-state index contributed by atoms with van der Waals surface area (Å²) in [6, 6.07) is 8.57. The Kier molecular flexibility index (Phi) is 3.67. The van der Waals surface area contributed by atoms with Crippen molar-refractivity contribution in [3.05, 3.63) is 23.8 Å².